The molecule has 0 bridgehead atoms. The second-order valence-electron chi connectivity index (χ2n) is 8.78. The fourth-order valence-electron chi connectivity index (χ4n) is 5.26. The van der Waals surface area contributed by atoms with E-state index in [1.165, 1.54) is 19.3 Å². The quantitative estimate of drug-likeness (QED) is 0.820. The predicted octanol–water partition coefficient (Wildman–Crippen LogP) is 2.67. The van der Waals surface area contributed by atoms with Gasteiger partial charge in [0.2, 0.25) is 11.8 Å². The Morgan fingerprint density at radius 2 is 1.93 bits per heavy atom. The highest BCUT2D eigenvalue weighted by atomic mass is 16.2. The molecular weight excluding hydrogens is 340 g/mol. The van der Waals surface area contributed by atoms with E-state index in [9.17, 15) is 9.59 Å². The number of rotatable bonds is 3. The Kier molecular flexibility index (Phi) is 4.99. The van der Waals surface area contributed by atoms with Gasteiger partial charge in [0.15, 0.2) is 0 Å². The van der Waals surface area contributed by atoms with Crippen LogP contribution in [0.3, 0.4) is 0 Å². The zero-order valence-electron chi connectivity index (χ0n) is 16.7. The topological polar surface area (TPSA) is 58.4 Å². The van der Waals surface area contributed by atoms with Gasteiger partial charge in [-0.05, 0) is 46.0 Å². The van der Waals surface area contributed by atoms with Crippen molar-refractivity contribution in [2.24, 2.45) is 5.41 Å². The fourth-order valence-corrected chi connectivity index (χ4v) is 5.26. The zero-order valence-corrected chi connectivity index (χ0v) is 16.7. The highest BCUT2D eigenvalue weighted by Gasteiger charge is 2.50. The highest BCUT2D eigenvalue weighted by Crippen LogP contribution is 2.42. The minimum Gasteiger partial charge on any atom is -0.340 e. The summed E-state index contributed by atoms with van der Waals surface area (Å²) in [5.74, 6) is 0.431. The molecule has 0 aromatic carbocycles. The first kappa shape index (κ1) is 18.5. The van der Waals surface area contributed by atoms with Crippen molar-refractivity contribution in [2.45, 2.75) is 77.8 Å². The molecule has 6 nitrogen and oxygen atoms in total. The van der Waals surface area contributed by atoms with E-state index in [2.05, 4.69) is 9.88 Å². The molecule has 148 valence electrons. The molecule has 2 amide bonds. The number of hydrogen-bond donors (Lipinski definition) is 0. The molecule has 1 spiro atoms. The molecule has 1 aliphatic carbocycles. The van der Waals surface area contributed by atoms with Crippen LogP contribution in [0.5, 0.6) is 0 Å². The first-order valence-electron chi connectivity index (χ1n) is 10.6. The lowest BCUT2D eigenvalue weighted by molar-refractivity contribution is -0.149. The molecule has 1 atom stereocenters. The third kappa shape index (κ3) is 3.39. The third-order valence-electron chi connectivity index (χ3n) is 7.14. The number of carbonyl (C=O) groups is 2. The van der Waals surface area contributed by atoms with E-state index in [-0.39, 0.29) is 11.3 Å². The lowest BCUT2D eigenvalue weighted by atomic mass is 9.77. The van der Waals surface area contributed by atoms with Gasteiger partial charge in [0, 0.05) is 31.4 Å². The Balaban J connectivity index is 1.43. The summed E-state index contributed by atoms with van der Waals surface area (Å²) in [6.07, 6.45) is 10.7. The Hall–Kier alpha value is -1.85. The molecule has 3 heterocycles. The van der Waals surface area contributed by atoms with Crippen molar-refractivity contribution in [1.82, 2.24) is 19.4 Å². The molecule has 3 aliphatic rings. The van der Waals surface area contributed by atoms with E-state index in [4.69, 9.17) is 0 Å². The first-order valence-corrected chi connectivity index (χ1v) is 10.6. The molecule has 4 rings (SSSR count). The van der Waals surface area contributed by atoms with Crippen LogP contribution in [-0.2, 0) is 16.1 Å². The van der Waals surface area contributed by atoms with Crippen LogP contribution < -0.4 is 0 Å². The maximum absolute atomic E-state index is 13.4. The molecule has 3 fully saturated rings. The van der Waals surface area contributed by atoms with Crippen LogP contribution in [0.2, 0.25) is 0 Å². The number of amides is 2. The number of carbonyl (C=O) groups excluding carboxylic acids is 2. The lowest BCUT2D eigenvalue weighted by Crippen LogP contribution is -2.54. The van der Waals surface area contributed by atoms with Crippen molar-refractivity contribution < 1.29 is 9.59 Å². The second kappa shape index (κ2) is 7.28. The maximum atomic E-state index is 13.4. The fraction of sp³-hybridized carbons (Fsp3) is 0.762. The summed E-state index contributed by atoms with van der Waals surface area (Å²) in [6, 6.07) is 0.435. The molecule has 1 aromatic heterocycles. The number of hydrogen-bond acceptors (Lipinski definition) is 3. The summed E-state index contributed by atoms with van der Waals surface area (Å²) >= 11 is 0. The maximum Gasteiger partial charge on any atom is 0.242 e. The van der Waals surface area contributed by atoms with Gasteiger partial charge in [-0.2, -0.15) is 0 Å². The molecule has 6 heteroatoms. The van der Waals surface area contributed by atoms with Gasteiger partial charge in [-0.25, -0.2) is 4.98 Å². The predicted molar refractivity (Wildman–Crippen MR) is 103 cm³/mol. The number of aryl methyl sites for hydroxylation is 1. The van der Waals surface area contributed by atoms with Gasteiger partial charge in [-0.15, -0.1) is 0 Å². The Labute approximate surface area is 161 Å². The van der Waals surface area contributed by atoms with E-state index in [1.54, 1.807) is 6.33 Å². The monoisotopic (exact) mass is 372 g/mol. The van der Waals surface area contributed by atoms with Crippen molar-refractivity contribution in [1.29, 1.82) is 0 Å². The van der Waals surface area contributed by atoms with Crippen LogP contribution in [0, 0.1) is 19.3 Å². The van der Waals surface area contributed by atoms with Crippen LogP contribution >= 0.6 is 0 Å². The van der Waals surface area contributed by atoms with E-state index >= 15 is 0 Å². The van der Waals surface area contributed by atoms with Crippen LogP contribution in [-0.4, -0.2) is 56.8 Å². The number of nitrogens with zero attached hydrogens (tertiary/aromatic N) is 4. The Morgan fingerprint density at radius 3 is 2.63 bits per heavy atom. The Morgan fingerprint density at radius 1 is 1.15 bits per heavy atom. The van der Waals surface area contributed by atoms with Crippen molar-refractivity contribution in [3.05, 3.63) is 17.7 Å². The molecular formula is C21H32N4O2. The average Bonchev–Trinajstić information content (AvgIpc) is 3.25. The molecule has 0 radical (unpaired) electrons. The number of piperidine rings is 1. The summed E-state index contributed by atoms with van der Waals surface area (Å²) in [6.45, 7) is 6.49. The van der Waals surface area contributed by atoms with Crippen molar-refractivity contribution in [3.8, 4) is 0 Å². The van der Waals surface area contributed by atoms with Gasteiger partial charge >= 0.3 is 0 Å². The van der Waals surface area contributed by atoms with Crippen LogP contribution in [0.25, 0.3) is 0 Å². The van der Waals surface area contributed by atoms with Gasteiger partial charge in [0.05, 0.1) is 17.4 Å². The summed E-state index contributed by atoms with van der Waals surface area (Å²) in [4.78, 5) is 34.6. The standard InChI is InChI=1S/C21H32N4O2/c1-16-17(2)24(15-22-16)13-19(26)23-12-10-21(14-23)9-6-11-25(20(21)27)18-7-4-3-5-8-18/h15,18H,3-14H2,1-2H3. The molecule has 2 saturated heterocycles. The summed E-state index contributed by atoms with van der Waals surface area (Å²) in [5, 5.41) is 0. The van der Waals surface area contributed by atoms with Gasteiger partial charge in [-0.1, -0.05) is 19.3 Å². The molecule has 27 heavy (non-hydrogen) atoms. The number of imidazole rings is 1. The van der Waals surface area contributed by atoms with Gasteiger partial charge < -0.3 is 14.4 Å². The zero-order chi connectivity index (χ0) is 19.0. The van der Waals surface area contributed by atoms with E-state index < -0.39 is 0 Å². The van der Waals surface area contributed by atoms with Crippen LogP contribution in [0.15, 0.2) is 6.33 Å². The number of aromatic nitrogens is 2. The van der Waals surface area contributed by atoms with Crippen LogP contribution in [0.4, 0.5) is 0 Å². The molecule has 0 N–H and O–H groups in total. The van der Waals surface area contributed by atoms with Crippen LogP contribution in [0.1, 0.15) is 62.8 Å². The molecule has 1 unspecified atom stereocenters. The summed E-state index contributed by atoms with van der Waals surface area (Å²) in [7, 11) is 0. The molecule has 1 aromatic rings. The lowest BCUT2D eigenvalue weighted by Gasteiger charge is -2.44. The first-order chi connectivity index (χ1) is 13.0. The van der Waals surface area contributed by atoms with Crippen molar-refractivity contribution in [3.63, 3.8) is 0 Å². The summed E-state index contributed by atoms with van der Waals surface area (Å²) < 4.78 is 1.92. The van der Waals surface area contributed by atoms with Gasteiger partial charge in [0.1, 0.15) is 6.54 Å². The summed E-state index contributed by atoms with van der Waals surface area (Å²) in [5.41, 5.74) is 1.67. The second-order valence-corrected chi connectivity index (χ2v) is 8.78. The minimum absolute atomic E-state index is 0.106. The number of likely N-dealkylation sites (tertiary alicyclic amines) is 2. The van der Waals surface area contributed by atoms with Crippen molar-refractivity contribution in [2.75, 3.05) is 19.6 Å². The molecule has 1 saturated carbocycles. The van der Waals surface area contributed by atoms with Gasteiger partial charge in [-0.3, -0.25) is 9.59 Å². The van der Waals surface area contributed by atoms with E-state index in [1.807, 2.05) is 23.3 Å². The minimum atomic E-state index is -0.328. The smallest absolute Gasteiger partial charge is 0.242 e. The SMILES string of the molecule is Cc1ncn(CC(=O)N2CCC3(CCCN(C4CCCCC4)C3=O)C2)c1C. The average molecular weight is 373 g/mol. The molecule has 2 aliphatic heterocycles. The highest BCUT2D eigenvalue weighted by molar-refractivity contribution is 5.86. The van der Waals surface area contributed by atoms with Gasteiger partial charge in [0.25, 0.3) is 0 Å². The van der Waals surface area contributed by atoms with E-state index in [0.717, 1.165) is 50.0 Å². The van der Waals surface area contributed by atoms with Crippen molar-refractivity contribution >= 4 is 11.8 Å². The largest absolute Gasteiger partial charge is 0.340 e. The van der Waals surface area contributed by atoms with E-state index in [0.29, 0.717) is 31.6 Å². The third-order valence-corrected chi connectivity index (χ3v) is 7.14. The normalized spacial score (nSPS) is 27.0. The Bertz CT molecular complexity index is 722.